The lowest BCUT2D eigenvalue weighted by Crippen LogP contribution is -2.26. The van der Waals surface area contributed by atoms with Crippen molar-refractivity contribution in [2.75, 3.05) is 4.90 Å². The number of hydrogen-bond acceptors (Lipinski definition) is 1. The van der Waals surface area contributed by atoms with Crippen molar-refractivity contribution in [1.29, 1.82) is 0 Å². The highest BCUT2D eigenvalue weighted by molar-refractivity contribution is 5.98. The standard InChI is InChI=1S/C59H43N/c1-58(2)54-36-41(39-18-8-5-9-19-39)30-33-48(54)49-34-31-42(37-55(49)58)60(57-29-17-13-22-44(57)40-20-6-3-4-7-21-40)43-32-35-50-47-25-12-16-28-53(47)59(56(50)38-43)51-26-14-10-23-45(51)46-24-11-15-27-52(46)59/h3,5-38H,4H2,1-2H3. The van der Waals surface area contributed by atoms with Crippen LogP contribution < -0.4 is 4.90 Å². The molecule has 1 heteroatoms. The van der Waals surface area contributed by atoms with Gasteiger partial charge in [0, 0.05) is 22.4 Å². The van der Waals surface area contributed by atoms with Gasteiger partial charge in [-0.3, -0.25) is 0 Å². The second-order valence-corrected chi connectivity index (χ2v) is 17.1. The van der Waals surface area contributed by atoms with E-state index in [0.29, 0.717) is 0 Å². The summed E-state index contributed by atoms with van der Waals surface area (Å²) in [5.74, 6) is 0. The first kappa shape index (κ1) is 34.8. The molecular formula is C59H43N. The second-order valence-electron chi connectivity index (χ2n) is 17.1. The zero-order valence-electron chi connectivity index (χ0n) is 33.9. The van der Waals surface area contributed by atoms with Gasteiger partial charge >= 0.3 is 0 Å². The van der Waals surface area contributed by atoms with Gasteiger partial charge < -0.3 is 4.90 Å². The Bertz CT molecular complexity index is 3090. The average molecular weight is 766 g/mol. The fourth-order valence-corrected chi connectivity index (χ4v) is 11.0. The molecule has 8 aromatic carbocycles. The highest BCUT2D eigenvalue weighted by Crippen LogP contribution is 2.63. The number of rotatable bonds is 5. The van der Waals surface area contributed by atoms with Gasteiger partial charge in [0.25, 0.3) is 0 Å². The molecule has 4 aliphatic rings. The van der Waals surface area contributed by atoms with Crippen LogP contribution in [0.15, 0.2) is 212 Å². The average Bonchev–Trinajstić information content (AvgIpc) is 3.71. The summed E-state index contributed by atoms with van der Waals surface area (Å²) in [5.41, 5.74) is 23.7. The Morgan fingerprint density at radius 3 is 1.55 bits per heavy atom. The van der Waals surface area contributed by atoms with Gasteiger partial charge in [-0.15, -0.1) is 0 Å². The molecule has 4 aliphatic carbocycles. The third-order valence-electron chi connectivity index (χ3n) is 13.7. The molecule has 1 spiro atoms. The minimum atomic E-state index is -0.435. The van der Waals surface area contributed by atoms with Crippen LogP contribution in [0.2, 0.25) is 0 Å². The quantitative estimate of drug-likeness (QED) is 0.169. The Balaban J connectivity index is 1.09. The lowest BCUT2D eigenvalue weighted by Gasteiger charge is -2.33. The van der Waals surface area contributed by atoms with Crippen LogP contribution in [0.25, 0.3) is 50.1 Å². The van der Waals surface area contributed by atoms with Crippen LogP contribution in [-0.2, 0) is 10.8 Å². The molecule has 0 unspecified atom stereocenters. The van der Waals surface area contributed by atoms with Crippen molar-refractivity contribution in [3.05, 3.63) is 251 Å². The van der Waals surface area contributed by atoms with Gasteiger partial charge in [0.1, 0.15) is 0 Å². The number of para-hydroxylation sites is 1. The third kappa shape index (κ3) is 4.87. The molecule has 0 aliphatic heterocycles. The van der Waals surface area contributed by atoms with E-state index >= 15 is 0 Å². The van der Waals surface area contributed by atoms with Gasteiger partial charge in [-0.05, 0) is 126 Å². The van der Waals surface area contributed by atoms with E-state index in [4.69, 9.17) is 0 Å². The Hall–Kier alpha value is -7.22. The number of fused-ring (bicyclic) bond motifs is 13. The lowest BCUT2D eigenvalue weighted by atomic mass is 9.70. The van der Waals surface area contributed by atoms with Crippen LogP contribution in [0.5, 0.6) is 0 Å². The van der Waals surface area contributed by atoms with E-state index in [0.717, 1.165) is 23.5 Å². The predicted molar refractivity (Wildman–Crippen MR) is 251 cm³/mol. The maximum Gasteiger partial charge on any atom is 0.0726 e. The van der Waals surface area contributed by atoms with Crippen molar-refractivity contribution in [1.82, 2.24) is 0 Å². The Labute approximate surface area is 353 Å². The minimum absolute atomic E-state index is 0.199. The zero-order chi connectivity index (χ0) is 40.0. The van der Waals surface area contributed by atoms with Gasteiger partial charge in [-0.2, -0.15) is 0 Å². The molecule has 0 N–H and O–H groups in total. The maximum atomic E-state index is 2.52. The summed E-state index contributed by atoms with van der Waals surface area (Å²) < 4.78 is 0. The molecule has 0 amide bonds. The van der Waals surface area contributed by atoms with E-state index in [1.165, 1.54) is 89.0 Å². The number of benzene rings is 8. The molecule has 284 valence electrons. The van der Waals surface area contributed by atoms with E-state index in [1.54, 1.807) is 0 Å². The first-order chi connectivity index (χ1) is 29.5. The Morgan fingerprint density at radius 1 is 0.400 bits per heavy atom. The molecule has 0 bridgehead atoms. The monoisotopic (exact) mass is 765 g/mol. The van der Waals surface area contributed by atoms with Crippen molar-refractivity contribution in [3.63, 3.8) is 0 Å². The fourth-order valence-electron chi connectivity index (χ4n) is 11.0. The zero-order valence-corrected chi connectivity index (χ0v) is 33.9. The van der Waals surface area contributed by atoms with Crippen LogP contribution >= 0.6 is 0 Å². The highest BCUT2D eigenvalue weighted by Gasteiger charge is 2.51. The summed E-state index contributed by atoms with van der Waals surface area (Å²) in [5, 5.41) is 0. The van der Waals surface area contributed by atoms with Crippen LogP contribution in [0.4, 0.5) is 17.1 Å². The third-order valence-corrected chi connectivity index (χ3v) is 13.7. The molecule has 0 heterocycles. The molecular weight excluding hydrogens is 723 g/mol. The van der Waals surface area contributed by atoms with Crippen LogP contribution in [0.1, 0.15) is 59.2 Å². The molecule has 0 radical (unpaired) electrons. The Kier molecular flexibility index (Phi) is 7.62. The van der Waals surface area contributed by atoms with Crippen molar-refractivity contribution in [2.24, 2.45) is 0 Å². The first-order valence-electron chi connectivity index (χ1n) is 21.2. The van der Waals surface area contributed by atoms with Crippen LogP contribution in [0.3, 0.4) is 0 Å². The summed E-state index contributed by atoms with van der Waals surface area (Å²) >= 11 is 0. The van der Waals surface area contributed by atoms with E-state index in [1.807, 2.05) is 0 Å². The van der Waals surface area contributed by atoms with Gasteiger partial charge in [-0.1, -0.05) is 190 Å². The van der Waals surface area contributed by atoms with E-state index in [2.05, 4.69) is 231 Å². The number of anilines is 3. The second kappa shape index (κ2) is 13.1. The molecule has 0 saturated heterocycles. The first-order valence-corrected chi connectivity index (χ1v) is 21.2. The predicted octanol–water partition coefficient (Wildman–Crippen LogP) is 15.4. The summed E-state index contributed by atoms with van der Waals surface area (Å²) in [6, 6.07) is 68.5. The molecule has 8 aromatic rings. The number of hydrogen-bond donors (Lipinski definition) is 0. The molecule has 60 heavy (non-hydrogen) atoms. The van der Waals surface area contributed by atoms with Crippen LogP contribution in [0, 0.1) is 0 Å². The van der Waals surface area contributed by atoms with E-state index < -0.39 is 5.41 Å². The lowest BCUT2D eigenvalue weighted by molar-refractivity contribution is 0.660. The van der Waals surface area contributed by atoms with Gasteiger partial charge in [0.15, 0.2) is 0 Å². The minimum Gasteiger partial charge on any atom is -0.310 e. The maximum absolute atomic E-state index is 2.52. The summed E-state index contributed by atoms with van der Waals surface area (Å²) in [6.45, 7) is 4.79. The summed E-state index contributed by atoms with van der Waals surface area (Å²) in [7, 11) is 0. The highest BCUT2D eigenvalue weighted by atomic mass is 15.1. The van der Waals surface area contributed by atoms with Crippen molar-refractivity contribution >= 4 is 22.6 Å². The van der Waals surface area contributed by atoms with Gasteiger partial charge in [-0.25, -0.2) is 0 Å². The van der Waals surface area contributed by atoms with Gasteiger partial charge in [0.2, 0.25) is 0 Å². The summed E-state index contributed by atoms with van der Waals surface area (Å²) in [4.78, 5) is 2.52. The molecule has 0 atom stereocenters. The van der Waals surface area contributed by atoms with Crippen LogP contribution in [-0.4, -0.2) is 0 Å². The van der Waals surface area contributed by atoms with Gasteiger partial charge in [0.05, 0.1) is 11.1 Å². The van der Waals surface area contributed by atoms with E-state index in [9.17, 15) is 0 Å². The molecule has 12 rings (SSSR count). The molecule has 0 saturated carbocycles. The van der Waals surface area contributed by atoms with Crippen molar-refractivity contribution in [2.45, 2.75) is 31.1 Å². The smallest absolute Gasteiger partial charge is 0.0726 e. The molecule has 0 fully saturated rings. The topological polar surface area (TPSA) is 3.24 Å². The van der Waals surface area contributed by atoms with E-state index in [-0.39, 0.29) is 5.41 Å². The van der Waals surface area contributed by atoms with Crippen molar-refractivity contribution < 1.29 is 0 Å². The van der Waals surface area contributed by atoms with Crippen molar-refractivity contribution in [3.8, 4) is 44.5 Å². The SMILES string of the molecule is CC1(C)c2cc(-c3ccccc3)ccc2-c2ccc(N(c3ccc4c(c3)C3(c5ccccc5-c5ccccc53)c3ccccc3-4)c3ccccc3C3=CC=CCC=C3)cc21. The number of allylic oxidation sites excluding steroid dienone is 6. The number of nitrogens with zero attached hydrogens (tertiary/aromatic N) is 1. The normalized spacial score (nSPS) is 15.3. The Morgan fingerprint density at radius 2 is 0.900 bits per heavy atom. The molecule has 1 nitrogen and oxygen atoms in total. The molecule has 0 aromatic heterocycles. The fraction of sp³-hybridized carbons (Fsp3) is 0.0847. The summed E-state index contributed by atoms with van der Waals surface area (Å²) in [6.07, 6.45) is 12.1. The largest absolute Gasteiger partial charge is 0.310 e.